The lowest BCUT2D eigenvalue weighted by Gasteiger charge is -2.33. The second-order valence-corrected chi connectivity index (χ2v) is 7.26. The van der Waals surface area contributed by atoms with Gasteiger partial charge in [-0.25, -0.2) is 4.79 Å². The second kappa shape index (κ2) is 7.53. The van der Waals surface area contributed by atoms with Gasteiger partial charge in [-0.1, -0.05) is 37.3 Å². The standard InChI is InChI=1S/C19H28N2O3/c1-15(19(2)8-9-19)20-12-17-13-21(10-11-23-17)18(22)24-14-16-6-4-3-5-7-16/h3-7,15,17,20H,8-14H2,1-2H3. The molecule has 2 atom stereocenters. The van der Waals surface area contributed by atoms with E-state index in [9.17, 15) is 4.79 Å². The van der Waals surface area contributed by atoms with Crippen molar-refractivity contribution in [1.29, 1.82) is 0 Å². The van der Waals surface area contributed by atoms with Gasteiger partial charge in [-0.05, 0) is 30.7 Å². The van der Waals surface area contributed by atoms with E-state index in [1.54, 1.807) is 4.90 Å². The molecule has 1 aliphatic heterocycles. The van der Waals surface area contributed by atoms with Gasteiger partial charge in [-0.15, -0.1) is 0 Å². The molecule has 3 rings (SSSR count). The Kier molecular flexibility index (Phi) is 5.41. The SMILES string of the molecule is CC(NCC1CN(C(=O)OCc2ccccc2)CCO1)C1(C)CC1. The van der Waals surface area contributed by atoms with E-state index in [1.807, 2.05) is 30.3 Å². The molecule has 2 fully saturated rings. The normalized spacial score (nSPS) is 23.6. The highest BCUT2D eigenvalue weighted by Gasteiger charge is 2.42. The topological polar surface area (TPSA) is 50.8 Å². The Hall–Kier alpha value is -1.59. The molecule has 1 saturated carbocycles. The minimum Gasteiger partial charge on any atom is -0.445 e. The molecule has 0 spiro atoms. The Morgan fingerprint density at radius 1 is 1.42 bits per heavy atom. The number of ether oxygens (including phenoxy) is 2. The zero-order valence-electron chi connectivity index (χ0n) is 14.7. The molecule has 2 unspecified atom stereocenters. The van der Waals surface area contributed by atoms with Crippen molar-refractivity contribution in [3.63, 3.8) is 0 Å². The van der Waals surface area contributed by atoms with Crippen molar-refractivity contribution in [2.24, 2.45) is 5.41 Å². The summed E-state index contributed by atoms with van der Waals surface area (Å²) in [6, 6.07) is 10.2. The number of carbonyl (C=O) groups is 1. The van der Waals surface area contributed by atoms with Gasteiger partial charge in [-0.3, -0.25) is 0 Å². The van der Waals surface area contributed by atoms with Gasteiger partial charge in [0, 0.05) is 19.1 Å². The van der Waals surface area contributed by atoms with E-state index in [2.05, 4.69) is 19.2 Å². The molecule has 1 aliphatic carbocycles. The molecule has 5 nitrogen and oxygen atoms in total. The Balaban J connectivity index is 1.41. The molecule has 1 aromatic rings. The summed E-state index contributed by atoms with van der Waals surface area (Å²) in [5.74, 6) is 0. The van der Waals surface area contributed by atoms with Crippen LogP contribution in [-0.4, -0.2) is 49.4 Å². The number of carbonyl (C=O) groups excluding carboxylic acids is 1. The zero-order valence-corrected chi connectivity index (χ0v) is 14.7. The van der Waals surface area contributed by atoms with Crippen LogP contribution in [0.1, 0.15) is 32.3 Å². The van der Waals surface area contributed by atoms with Crippen LogP contribution in [0.3, 0.4) is 0 Å². The summed E-state index contributed by atoms with van der Waals surface area (Å²) in [6.07, 6.45) is 2.37. The third kappa shape index (κ3) is 4.48. The third-order valence-electron chi connectivity index (χ3n) is 5.34. The van der Waals surface area contributed by atoms with Crippen LogP contribution < -0.4 is 5.32 Å². The zero-order chi connectivity index (χ0) is 17.0. The number of hydrogen-bond donors (Lipinski definition) is 1. The smallest absolute Gasteiger partial charge is 0.410 e. The van der Waals surface area contributed by atoms with E-state index in [-0.39, 0.29) is 12.2 Å². The number of nitrogens with one attached hydrogen (secondary N) is 1. The summed E-state index contributed by atoms with van der Waals surface area (Å²) < 4.78 is 11.2. The van der Waals surface area contributed by atoms with Crippen LogP contribution in [0, 0.1) is 5.41 Å². The summed E-state index contributed by atoms with van der Waals surface area (Å²) in [4.78, 5) is 14.0. The maximum absolute atomic E-state index is 12.3. The van der Waals surface area contributed by atoms with E-state index in [1.165, 1.54) is 12.8 Å². The van der Waals surface area contributed by atoms with Crippen LogP contribution in [0.25, 0.3) is 0 Å². The molecule has 2 aliphatic rings. The van der Waals surface area contributed by atoms with Crippen LogP contribution >= 0.6 is 0 Å². The first-order valence-corrected chi connectivity index (χ1v) is 8.87. The highest BCUT2D eigenvalue weighted by molar-refractivity contribution is 5.67. The lowest BCUT2D eigenvalue weighted by molar-refractivity contribution is -0.0285. The first kappa shape index (κ1) is 17.2. The second-order valence-electron chi connectivity index (χ2n) is 7.26. The van der Waals surface area contributed by atoms with Crippen LogP contribution in [0.4, 0.5) is 4.79 Å². The van der Waals surface area contributed by atoms with E-state index in [4.69, 9.17) is 9.47 Å². The van der Waals surface area contributed by atoms with E-state index in [0.29, 0.717) is 37.8 Å². The van der Waals surface area contributed by atoms with Gasteiger partial charge < -0.3 is 19.7 Å². The number of morpholine rings is 1. The average molecular weight is 332 g/mol. The van der Waals surface area contributed by atoms with Crippen LogP contribution in [0.5, 0.6) is 0 Å². The summed E-state index contributed by atoms with van der Waals surface area (Å²) >= 11 is 0. The van der Waals surface area contributed by atoms with Crippen molar-refractivity contribution in [3.8, 4) is 0 Å². The molecule has 1 N–H and O–H groups in total. The molecule has 132 valence electrons. The van der Waals surface area contributed by atoms with E-state index < -0.39 is 0 Å². The quantitative estimate of drug-likeness (QED) is 0.870. The molecule has 0 aromatic heterocycles. The molecule has 24 heavy (non-hydrogen) atoms. The Morgan fingerprint density at radius 2 is 2.17 bits per heavy atom. The van der Waals surface area contributed by atoms with Crippen molar-refractivity contribution in [3.05, 3.63) is 35.9 Å². The Bertz CT molecular complexity index is 545. The molecular formula is C19H28N2O3. The van der Waals surface area contributed by atoms with Crippen molar-refractivity contribution in [1.82, 2.24) is 10.2 Å². The maximum atomic E-state index is 12.3. The number of nitrogens with zero attached hydrogens (tertiary/aromatic N) is 1. The van der Waals surface area contributed by atoms with Gasteiger partial charge in [0.15, 0.2) is 0 Å². The fourth-order valence-electron chi connectivity index (χ4n) is 3.00. The van der Waals surface area contributed by atoms with Crippen molar-refractivity contribution in [2.75, 3.05) is 26.2 Å². The first-order chi connectivity index (χ1) is 11.6. The van der Waals surface area contributed by atoms with Crippen LogP contribution in [0.15, 0.2) is 30.3 Å². The lowest BCUT2D eigenvalue weighted by Crippen LogP contribution is -2.50. The summed E-state index contributed by atoms with van der Waals surface area (Å²) in [5.41, 5.74) is 1.45. The van der Waals surface area contributed by atoms with E-state index >= 15 is 0 Å². The fraction of sp³-hybridized carbons (Fsp3) is 0.632. The highest BCUT2D eigenvalue weighted by Crippen LogP contribution is 2.47. The molecule has 1 aromatic carbocycles. The van der Waals surface area contributed by atoms with Crippen molar-refractivity contribution < 1.29 is 14.3 Å². The Labute approximate surface area is 144 Å². The van der Waals surface area contributed by atoms with Gasteiger partial charge >= 0.3 is 6.09 Å². The van der Waals surface area contributed by atoms with Gasteiger partial charge in [0.25, 0.3) is 0 Å². The number of rotatable bonds is 6. The molecule has 1 heterocycles. The number of hydrogen-bond acceptors (Lipinski definition) is 4. The number of amides is 1. The highest BCUT2D eigenvalue weighted by atomic mass is 16.6. The minimum atomic E-state index is -0.255. The molecule has 1 saturated heterocycles. The van der Waals surface area contributed by atoms with Crippen LogP contribution in [0.2, 0.25) is 0 Å². The molecule has 1 amide bonds. The molecular weight excluding hydrogens is 304 g/mol. The van der Waals surface area contributed by atoms with E-state index in [0.717, 1.165) is 12.1 Å². The van der Waals surface area contributed by atoms with Gasteiger partial charge in [0.1, 0.15) is 6.61 Å². The Morgan fingerprint density at radius 3 is 2.88 bits per heavy atom. The van der Waals surface area contributed by atoms with Gasteiger partial charge in [0.05, 0.1) is 19.3 Å². The predicted molar refractivity (Wildman–Crippen MR) is 92.7 cm³/mol. The predicted octanol–water partition coefficient (Wildman–Crippen LogP) is 2.80. The largest absolute Gasteiger partial charge is 0.445 e. The van der Waals surface area contributed by atoms with Crippen molar-refractivity contribution >= 4 is 6.09 Å². The summed E-state index contributed by atoms with van der Waals surface area (Å²) in [5, 5.41) is 3.57. The minimum absolute atomic E-state index is 0.0350. The average Bonchev–Trinajstić information content (AvgIpc) is 3.37. The lowest BCUT2D eigenvalue weighted by atomic mass is 10.0. The maximum Gasteiger partial charge on any atom is 0.410 e. The van der Waals surface area contributed by atoms with Crippen molar-refractivity contribution in [2.45, 2.75) is 45.4 Å². The summed E-state index contributed by atoms with van der Waals surface area (Å²) in [6.45, 7) is 7.40. The summed E-state index contributed by atoms with van der Waals surface area (Å²) in [7, 11) is 0. The van der Waals surface area contributed by atoms with Crippen LogP contribution in [-0.2, 0) is 16.1 Å². The molecule has 0 bridgehead atoms. The van der Waals surface area contributed by atoms with Gasteiger partial charge in [-0.2, -0.15) is 0 Å². The number of benzene rings is 1. The molecule has 5 heteroatoms. The first-order valence-electron chi connectivity index (χ1n) is 8.87. The third-order valence-corrected chi connectivity index (χ3v) is 5.34. The molecule has 0 radical (unpaired) electrons. The monoisotopic (exact) mass is 332 g/mol. The fourth-order valence-corrected chi connectivity index (χ4v) is 3.00. The van der Waals surface area contributed by atoms with Gasteiger partial charge in [0.2, 0.25) is 0 Å².